The molecule has 0 aliphatic carbocycles. The van der Waals surface area contributed by atoms with E-state index in [-0.39, 0.29) is 23.9 Å². The van der Waals surface area contributed by atoms with E-state index in [2.05, 4.69) is 73.1 Å². The Hall–Kier alpha value is -3.20. The summed E-state index contributed by atoms with van der Waals surface area (Å²) in [7, 11) is 0. The summed E-state index contributed by atoms with van der Waals surface area (Å²) in [5.41, 5.74) is 6.73. The van der Waals surface area contributed by atoms with Crippen molar-refractivity contribution in [3.63, 3.8) is 0 Å². The molecule has 0 bridgehead atoms. The van der Waals surface area contributed by atoms with Gasteiger partial charge in [0.25, 0.3) is 0 Å². The highest BCUT2D eigenvalue weighted by molar-refractivity contribution is 9.10. The zero-order chi connectivity index (χ0) is 27.8. The molecule has 39 heavy (non-hydrogen) atoms. The van der Waals surface area contributed by atoms with Gasteiger partial charge in [-0.25, -0.2) is 0 Å². The largest absolute Gasteiger partial charge is 0.351 e. The smallest absolute Gasteiger partial charge is 0.226 e. The summed E-state index contributed by atoms with van der Waals surface area (Å²) in [5.74, 6) is -0.240. The van der Waals surface area contributed by atoms with Gasteiger partial charge in [0.05, 0.1) is 28.5 Å². The number of hydrogen-bond acceptors (Lipinski definition) is 3. The first kappa shape index (κ1) is 27.4. The maximum Gasteiger partial charge on any atom is 0.226 e. The number of hydrogen-bond donors (Lipinski definition) is 2. The van der Waals surface area contributed by atoms with Crippen molar-refractivity contribution in [1.82, 2.24) is 14.9 Å². The van der Waals surface area contributed by atoms with Crippen LogP contribution in [-0.4, -0.2) is 20.6 Å². The molecule has 2 aromatic carbocycles. The standard InChI is InChI=1S/C30H29BrClN5OS/c1-17(2)29(38)34-25-12-11-22(16-24(25)32)37-28(27(35-30(37)39)26-10-5-6-13-33-26)23-14-18(3)36(19(23)4)21-9-7-8-20(31)15-21/h5-17,27-28H,1-4H3,(H,34,38)(H,35,39). The van der Waals surface area contributed by atoms with Crippen molar-refractivity contribution in [2.24, 2.45) is 5.92 Å². The van der Waals surface area contributed by atoms with Crippen LogP contribution in [0, 0.1) is 19.8 Å². The molecular weight excluding hydrogens is 594 g/mol. The Kier molecular flexibility index (Phi) is 7.80. The number of amides is 1. The highest BCUT2D eigenvalue weighted by atomic mass is 79.9. The molecule has 200 valence electrons. The minimum atomic E-state index is -0.188. The molecule has 9 heteroatoms. The lowest BCUT2D eigenvalue weighted by molar-refractivity contribution is -0.118. The van der Waals surface area contributed by atoms with E-state index in [4.69, 9.17) is 23.8 Å². The molecule has 1 aliphatic rings. The van der Waals surface area contributed by atoms with Crippen LogP contribution < -0.4 is 15.5 Å². The fourth-order valence-electron chi connectivity index (χ4n) is 5.08. The third-order valence-electron chi connectivity index (χ3n) is 6.97. The summed E-state index contributed by atoms with van der Waals surface area (Å²) in [5, 5.41) is 7.45. The second kappa shape index (κ2) is 11.1. The Morgan fingerprint density at radius 1 is 1.08 bits per heavy atom. The number of nitrogens with one attached hydrogen (secondary N) is 2. The van der Waals surface area contributed by atoms with E-state index in [1.807, 2.05) is 62.4 Å². The summed E-state index contributed by atoms with van der Waals surface area (Å²) in [6.45, 7) is 7.94. The number of pyridine rings is 1. The Morgan fingerprint density at radius 2 is 1.87 bits per heavy atom. The molecule has 5 rings (SSSR count). The first-order chi connectivity index (χ1) is 18.7. The Balaban J connectivity index is 1.62. The highest BCUT2D eigenvalue weighted by Crippen LogP contribution is 2.44. The van der Waals surface area contributed by atoms with Crippen LogP contribution >= 0.6 is 39.7 Å². The average molecular weight is 623 g/mol. The molecule has 1 saturated heterocycles. The lowest BCUT2D eigenvalue weighted by atomic mass is 9.96. The van der Waals surface area contributed by atoms with Gasteiger partial charge in [-0.3, -0.25) is 9.78 Å². The summed E-state index contributed by atoms with van der Waals surface area (Å²) in [6.07, 6.45) is 1.80. The third kappa shape index (κ3) is 5.33. The lowest BCUT2D eigenvalue weighted by Gasteiger charge is -2.28. The van der Waals surface area contributed by atoms with E-state index in [1.54, 1.807) is 6.20 Å². The Morgan fingerprint density at radius 3 is 2.54 bits per heavy atom. The van der Waals surface area contributed by atoms with Crippen LogP contribution in [0.5, 0.6) is 0 Å². The van der Waals surface area contributed by atoms with Crippen LogP contribution in [0.4, 0.5) is 11.4 Å². The number of aromatic nitrogens is 2. The van der Waals surface area contributed by atoms with Gasteiger partial charge in [-0.1, -0.05) is 53.5 Å². The quantitative estimate of drug-likeness (QED) is 0.216. The zero-order valence-corrected chi connectivity index (χ0v) is 25.2. The van der Waals surface area contributed by atoms with Crippen LogP contribution in [0.25, 0.3) is 5.69 Å². The molecule has 2 N–H and O–H groups in total. The molecule has 4 aromatic rings. The second-order valence-electron chi connectivity index (χ2n) is 9.95. The SMILES string of the molecule is Cc1cc(C2C(c3ccccn3)NC(=S)N2c2ccc(NC(=O)C(C)C)c(Cl)c2)c(C)n1-c1cccc(Br)c1. The van der Waals surface area contributed by atoms with Crippen LogP contribution in [0.15, 0.2) is 77.4 Å². The fraction of sp³-hybridized carbons (Fsp3) is 0.233. The van der Waals surface area contributed by atoms with Crippen molar-refractivity contribution >= 4 is 62.1 Å². The van der Waals surface area contributed by atoms with Crippen LogP contribution in [0.2, 0.25) is 5.02 Å². The van der Waals surface area contributed by atoms with Crippen molar-refractivity contribution in [3.8, 4) is 5.69 Å². The van der Waals surface area contributed by atoms with Gasteiger partial charge in [0.1, 0.15) is 0 Å². The number of halogens is 2. The first-order valence-electron chi connectivity index (χ1n) is 12.7. The number of rotatable bonds is 6. The van der Waals surface area contributed by atoms with Crippen molar-refractivity contribution in [1.29, 1.82) is 0 Å². The van der Waals surface area contributed by atoms with E-state index >= 15 is 0 Å². The van der Waals surface area contributed by atoms with E-state index in [0.717, 1.165) is 38.5 Å². The van der Waals surface area contributed by atoms with Gasteiger partial charge >= 0.3 is 0 Å². The van der Waals surface area contributed by atoms with E-state index in [1.165, 1.54) is 0 Å². The summed E-state index contributed by atoms with van der Waals surface area (Å²) < 4.78 is 3.28. The van der Waals surface area contributed by atoms with Crippen molar-refractivity contribution in [3.05, 3.63) is 105 Å². The van der Waals surface area contributed by atoms with Crippen molar-refractivity contribution in [2.75, 3.05) is 10.2 Å². The average Bonchev–Trinajstić information content (AvgIpc) is 3.40. The highest BCUT2D eigenvalue weighted by Gasteiger charge is 2.42. The van der Waals surface area contributed by atoms with Gasteiger partial charge < -0.3 is 20.1 Å². The zero-order valence-electron chi connectivity index (χ0n) is 22.1. The van der Waals surface area contributed by atoms with Crippen molar-refractivity contribution in [2.45, 2.75) is 39.8 Å². The van der Waals surface area contributed by atoms with Crippen LogP contribution in [0.1, 0.15) is 48.6 Å². The van der Waals surface area contributed by atoms with Crippen LogP contribution in [-0.2, 0) is 4.79 Å². The number of benzene rings is 2. The summed E-state index contributed by atoms with van der Waals surface area (Å²) >= 11 is 16.2. The number of carbonyl (C=O) groups excluding carboxylic acids is 1. The molecule has 6 nitrogen and oxygen atoms in total. The molecule has 1 amide bonds. The third-order valence-corrected chi connectivity index (χ3v) is 8.09. The molecule has 0 spiro atoms. The molecule has 3 heterocycles. The monoisotopic (exact) mass is 621 g/mol. The molecule has 2 aromatic heterocycles. The predicted molar refractivity (Wildman–Crippen MR) is 166 cm³/mol. The minimum absolute atomic E-state index is 0.0870. The molecule has 2 atom stereocenters. The predicted octanol–water partition coefficient (Wildman–Crippen LogP) is 7.68. The second-order valence-corrected chi connectivity index (χ2v) is 11.7. The fourth-order valence-corrected chi connectivity index (χ4v) is 6.04. The topological polar surface area (TPSA) is 62.2 Å². The number of anilines is 2. The molecule has 1 aliphatic heterocycles. The van der Waals surface area contributed by atoms with E-state index in [0.29, 0.717) is 15.8 Å². The molecular formula is C30H29BrClN5OS. The van der Waals surface area contributed by atoms with Crippen molar-refractivity contribution < 1.29 is 4.79 Å². The number of aryl methyl sites for hydroxylation is 1. The first-order valence-corrected chi connectivity index (χ1v) is 14.3. The van der Waals surface area contributed by atoms with Gasteiger partial charge in [0.15, 0.2) is 5.11 Å². The normalized spacial score (nSPS) is 17.0. The minimum Gasteiger partial charge on any atom is -0.351 e. The Bertz CT molecular complexity index is 1550. The molecule has 2 unspecified atom stereocenters. The molecule has 1 fully saturated rings. The van der Waals surface area contributed by atoms with Gasteiger partial charge in [0.2, 0.25) is 5.91 Å². The maximum atomic E-state index is 12.3. The molecule has 0 radical (unpaired) electrons. The number of nitrogens with zero attached hydrogens (tertiary/aromatic N) is 3. The molecule has 0 saturated carbocycles. The number of carbonyl (C=O) groups is 1. The Labute approximate surface area is 247 Å². The van der Waals surface area contributed by atoms with Gasteiger partial charge in [0, 0.05) is 39.4 Å². The number of thiocarbonyl (C=S) groups is 1. The summed E-state index contributed by atoms with van der Waals surface area (Å²) in [4.78, 5) is 19.1. The van der Waals surface area contributed by atoms with Gasteiger partial charge in [-0.15, -0.1) is 0 Å². The van der Waals surface area contributed by atoms with Gasteiger partial charge in [-0.2, -0.15) is 0 Å². The van der Waals surface area contributed by atoms with E-state index < -0.39 is 0 Å². The van der Waals surface area contributed by atoms with Gasteiger partial charge in [-0.05, 0) is 86.2 Å². The van der Waals surface area contributed by atoms with E-state index in [9.17, 15) is 4.79 Å². The lowest BCUT2D eigenvalue weighted by Crippen LogP contribution is -2.29. The summed E-state index contributed by atoms with van der Waals surface area (Å²) in [6, 6.07) is 21.7. The van der Waals surface area contributed by atoms with Crippen LogP contribution in [0.3, 0.4) is 0 Å². The maximum absolute atomic E-state index is 12.3.